The predicted molar refractivity (Wildman–Crippen MR) is 58.0 cm³/mol. The molecule has 0 saturated carbocycles. The van der Waals surface area contributed by atoms with Gasteiger partial charge in [0, 0.05) is 5.56 Å². The van der Waals surface area contributed by atoms with Crippen molar-refractivity contribution in [1.29, 1.82) is 0 Å². The van der Waals surface area contributed by atoms with Crippen LogP contribution in [0.1, 0.15) is 35.4 Å². The Balaban J connectivity index is 2.60. The fraction of sp³-hybridized carbons (Fsp3) is 0.417. The van der Waals surface area contributed by atoms with Crippen molar-refractivity contribution in [1.82, 2.24) is 0 Å². The second-order valence-corrected chi connectivity index (χ2v) is 3.57. The lowest BCUT2D eigenvalue weighted by atomic mass is 10.0. The molecule has 4 nitrogen and oxygen atoms in total. The van der Waals surface area contributed by atoms with Crippen molar-refractivity contribution in [2.75, 3.05) is 14.2 Å². The average molecular weight is 222 g/mol. The molecule has 0 bridgehead atoms. The topological polar surface area (TPSA) is 44.8 Å². The maximum absolute atomic E-state index is 11.7. The lowest BCUT2D eigenvalue weighted by Crippen LogP contribution is -2.00. The van der Waals surface area contributed by atoms with Crippen molar-refractivity contribution in [2.45, 2.75) is 19.4 Å². The second kappa shape index (κ2) is 4.04. The molecule has 86 valence electrons. The van der Waals surface area contributed by atoms with Gasteiger partial charge in [0.05, 0.1) is 14.2 Å². The first-order valence-corrected chi connectivity index (χ1v) is 5.18. The van der Waals surface area contributed by atoms with Crippen LogP contribution in [-0.2, 0) is 4.74 Å². The summed E-state index contributed by atoms with van der Waals surface area (Å²) in [5.41, 5.74) is 1.37. The molecular weight excluding hydrogens is 208 g/mol. The van der Waals surface area contributed by atoms with E-state index in [-0.39, 0.29) is 12.1 Å². The first kappa shape index (κ1) is 10.8. The molecular formula is C12H14O4. The first-order chi connectivity index (χ1) is 7.72. The highest BCUT2D eigenvalue weighted by Crippen LogP contribution is 2.42. The molecule has 0 spiro atoms. The number of hydrogen-bond donors (Lipinski definition) is 0. The van der Waals surface area contributed by atoms with E-state index < -0.39 is 0 Å². The Morgan fingerprint density at radius 3 is 2.62 bits per heavy atom. The zero-order chi connectivity index (χ0) is 11.7. The maximum Gasteiger partial charge on any atom is 0.343 e. The van der Waals surface area contributed by atoms with Crippen molar-refractivity contribution in [2.24, 2.45) is 0 Å². The number of rotatable bonds is 3. The number of ether oxygens (including phenoxy) is 3. The van der Waals surface area contributed by atoms with Crippen LogP contribution in [0.5, 0.6) is 11.5 Å². The third kappa shape index (κ3) is 1.41. The van der Waals surface area contributed by atoms with E-state index in [4.69, 9.17) is 14.2 Å². The van der Waals surface area contributed by atoms with Gasteiger partial charge in [0.1, 0.15) is 11.7 Å². The number of cyclic esters (lactones) is 1. The van der Waals surface area contributed by atoms with Gasteiger partial charge in [-0.2, -0.15) is 0 Å². The lowest BCUT2D eigenvalue weighted by molar-refractivity contribution is 0.0377. The van der Waals surface area contributed by atoms with Crippen molar-refractivity contribution in [3.63, 3.8) is 0 Å². The van der Waals surface area contributed by atoms with Gasteiger partial charge >= 0.3 is 5.97 Å². The van der Waals surface area contributed by atoms with E-state index in [1.165, 1.54) is 7.11 Å². The third-order valence-electron chi connectivity index (χ3n) is 2.75. The van der Waals surface area contributed by atoms with Crippen LogP contribution in [0.4, 0.5) is 0 Å². The van der Waals surface area contributed by atoms with Crippen LogP contribution >= 0.6 is 0 Å². The van der Waals surface area contributed by atoms with E-state index in [0.717, 1.165) is 12.0 Å². The molecule has 2 rings (SSSR count). The number of carbonyl (C=O) groups excluding carboxylic acids is 1. The molecule has 1 aliphatic rings. The normalized spacial score (nSPS) is 17.9. The third-order valence-corrected chi connectivity index (χ3v) is 2.75. The van der Waals surface area contributed by atoms with Crippen LogP contribution in [-0.4, -0.2) is 20.2 Å². The number of fused-ring (bicyclic) bond motifs is 1. The molecule has 4 heteroatoms. The Kier molecular flexibility index (Phi) is 2.73. The highest BCUT2D eigenvalue weighted by atomic mass is 16.6. The molecule has 0 radical (unpaired) electrons. The molecule has 16 heavy (non-hydrogen) atoms. The SMILES string of the molecule is CCC1OC(=O)c2c1ccc(OC)c2OC. The molecule has 1 unspecified atom stereocenters. The van der Waals surface area contributed by atoms with E-state index in [0.29, 0.717) is 17.1 Å². The van der Waals surface area contributed by atoms with E-state index in [1.807, 2.05) is 13.0 Å². The standard InChI is InChI=1S/C12H14O4/c1-4-8-7-5-6-9(14-2)11(15-3)10(7)12(13)16-8/h5-6,8H,4H2,1-3H3. The van der Waals surface area contributed by atoms with Gasteiger partial charge in [-0.25, -0.2) is 4.79 Å². The van der Waals surface area contributed by atoms with E-state index in [9.17, 15) is 4.79 Å². The van der Waals surface area contributed by atoms with Gasteiger partial charge in [-0.1, -0.05) is 13.0 Å². The van der Waals surface area contributed by atoms with Gasteiger partial charge in [-0.3, -0.25) is 0 Å². The number of hydrogen-bond acceptors (Lipinski definition) is 4. The molecule has 1 aromatic carbocycles. The fourth-order valence-corrected chi connectivity index (χ4v) is 1.98. The van der Waals surface area contributed by atoms with E-state index >= 15 is 0 Å². The maximum atomic E-state index is 11.7. The Morgan fingerprint density at radius 2 is 2.06 bits per heavy atom. The second-order valence-electron chi connectivity index (χ2n) is 3.57. The molecule has 1 aromatic rings. The van der Waals surface area contributed by atoms with Gasteiger partial charge in [0.15, 0.2) is 11.5 Å². The van der Waals surface area contributed by atoms with Gasteiger partial charge in [0.2, 0.25) is 0 Å². The molecule has 0 fully saturated rings. The molecule has 0 aliphatic carbocycles. The van der Waals surface area contributed by atoms with Crippen LogP contribution in [0.15, 0.2) is 12.1 Å². The first-order valence-electron chi connectivity index (χ1n) is 5.18. The summed E-state index contributed by atoms with van der Waals surface area (Å²) in [4.78, 5) is 11.7. The van der Waals surface area contributed by atoms with E-state index in [2.05, 4.69) is 0 Å². The number of esters is 1. The number of methoxy groups -OCH3 is 2. The summed E-state index contributed by atoms with van der Waals surface area (Å²) in [6, 6.07) is 3.65. The zero-order valence-corrected chi connectivity index (χ0v) is 9.57. The molecule has 0 amide bonds. The monoisotopic (exact) mass is 222 g/mol. The largest absolute Gasteiger partial charge is 0.493 e. The summed E-state index contributed by atoms with van der Waals surface area (Å²) in [6.07, 6.45) is 0.594. The molecule has 1 aliphatic heterocycles. The summed E-state index contributed by atoms with van der Waals surface area (Å²) in [5.74, 6) is 0.675. The van der Waals surface area contributed by atoms with Crippen LogP contribution in [0.2, 0.25) is 0 Å². The minimum Gasteiger partial charge on any atom is -0.493 e. The summed E-state index contributed by atoms with van der Waals surface area (Å²) < 4.78 is 15.6. The van der Waals surface area contributed by atoms with E-state index in [1.54, 1.807) is 13.2 Å². The summed E-state index contributed by atoms with van der Waals surface area (Å²) in [6.45, 7) is 1.98. The minimum absolute atomic E-state index is 0.165. The predicted octanol–water partition coefficient (Wildman–Crippen LogP) is 2.33. The van der Waals surface area contributed by atoms with Crippen molar-refractivity contribution in [3.8, 4) is 11.5 Å². The van der Waals surface area contributed by atoms with Crippen LogP contribution in [0, 0.1) is 0 Å². The quantitative estimate of drug-likeness (QED) is 0.736. The summed E-state index contributed by atoms with van der Waals surface area (Å²) >= 11 is 0. The fourth-order valence-electron chi connectivity index (χ4n) is 1.98. The van der Waals surface area contributed by atoms with Crippen molar-refractivity contribution in [3.05, 3.63) is 23.3 Å². The smallest absolute Gasteiger partial charge is 0.343 e. The minimum atomic E-state index is -0.336. The number of carbonyl (C=O) groups is 1. The van der Waals surface area contributed by atoms with Crippen LogP contribution in [0.25, 0.3) is 0 Å². The Hall–Kier alpha value is -1.71. The highest BCUT2D eigenvalue weighted by Gasteiger charge is 2.34. The Labute approximate surface area is 94.1 Å². The Morgan fingerprint density at radius 1 is 1.31 bits per heavy atom. The molecule has 0 aromatic heterocycles. The lowest BCUT2D eigenvalue weighted by Gasteiger charge is -2.10. The van der Waals surface area contributed by atoms with Crippen LogP contribution in [0.3, 0.4) is 0 Å². The summed E-state index contributed by atoms with van der Waals surface area (Å²) in [5, 5.41) is 0. The number of benzene rings is 1. The van der Waals surface area contributed by atoms with Gasteiger partial charge in [0.25, 0.3) is 0 Å². The Bertz CT molecular complexity index is 425. The zero-order valence-electron chi connectivity index (χ0n) is 9.57. The van der Waals surface area contributed by atoms with Gasteiger partial charge in [-0.15, -0.1) is 0 Å². The van der Waals surface area contributed by atoms with Gasteiger partial charge < -0.3 is 14.2 Å². The highest BCUT2D eigenvalue weighted by molar-refractivity contribution is 5.98. The van der Waals surface area contributed by atoms with Crippen LogP contribution < -0.4 is 9.47 Å². The molecule has 1 atom stereocenters. The van der Waals surface area contributed by atoms with Crippen molar-refractivity contribution >= 4 is 5.97 Å². The van der Waals surface area contributed by atoms with Crippen molar-refractivity contribution < 1.29 is 19.0 Å². The molecule has 0 N–H and O–H groups in total. The molecule has 1 heterocycles. The summed E-state index contributed by atoms with van der Waals surface area (Å²) in [7, 11) is 3.06. The van der Waals surface area contributed by atoms with Gasteiger partial charge in [-0.05, 0) is 12.5 Å². The molecule has 0 saturated heterocycles. The average Bonchev–Trinajstić information content (AvgIpc) is 2.65.